The van der Waals surface area contributed by atoms with Crippen LogP contribution in [0.25, 0.3) is 11.1 Å². The van der Waals surface area contributed by atoms with E-state index in [1.165, 1.54) is 0 Å². The van der Waals surface area contributed by atoms with Gasteiger partial charge < -0.3 is 20.1 Å². The number of anilines is 2. The molecule has 132 valence electrons. The Balaban J connectivity index is 2.07. The second-order valence-corrected chi connectivity index (χ2v) is 5.73. The number of aromatic nitrogens is 1. The van der Waals surface area contributed by atoms with Crippen LogP contribution in [-0.4, -0.2) is 37.9 Å². The first-order valence-corrected chi connectivity index (χ1v) is 8.39. The summed E-state index contributed by atoms with van der Waals surface area (Å²) in [5, 5.41) is 19.1. The summed E-state index contributed by atoms with van der Waals surface area (Å²) in [6.07, 6.45) is 0. The number of hydrogen-bond acceptors (Lipinski definition) is 7. The van der Waals surface area contributed by atoms with Crippen molar-refractivity contribution in [3.8, 4) is 29.1 Å². The van der Waals surface area contributed by atoms with Crippen molar-refractivity contribution in [3.63, 3.8) is 0 Å². The Bertz CT molecular complexity index is 875. The molecule has 2 heterocycles. The van der Waals surface area contributed by atoms with Crippen molar-refractivity contribution < 1.29 is 9.47 Å². The summed E-state index contributed by atoms with van der Waals surface area (Å²) in [6.45, 7) is 5.23. The van der Waals surface area contributed by atoms with Crippen molar-refractivity contribution in [2.45, 2.75) is 6.92 Å². The molecule has 0 unspecified atom stereocenters. The van der Waals surface area contributed by atoms with Crippen LogP contribution in [0.4, 0.5) is 11.5 Å². The minimum absolute atomic E-state index is 0.0576. The van der Waals surface area contributed by atoms with Gasteiger partial charge in [0.25, 0.3) is 0 Å². The number of pyridine rings is 1. The summed E-state index contributed by atoms with van der Waals surface area (Å²) in [7, 11) is 0. The topological polar surface area (TPSA) is 108 Å². The normalized spacial score (nSPS) is 13.7. The van der Waals surface area contributed by atoms with Crippen LogP contribution >= 0.6 is 0 Å². The Labute approximate surface area is 152 Å². The van der Waals surface area contributed by atoms with Crippen LogP contribution in [0, 0.1) is 22.7 Å². The lowest BCUT2D eigenvalue weighted by atomic mass is 9.96. The van der Waals surface area contributed by atoms with Crippen LogP contribution in [-0.2, 0) is 4.74 Å². The predicted molar refractivity (Wildman–Crippen MR) is 97.7 cm³/mol. The molecule has 1 saturated heterocycles. The highest BCUT2D eigenvalue weighted by atomic mass is 16.5. The predicted octanol–water partition coefficient (Wildman–Crippen LogP) is 2.31. The molecule has 1 aromatic heterocycles. The van der Waals surface area contributed by atoms with Crippen molar-refractivity contribution in [1.29, 1.82) is 10.5 Å². The maximum atomic E-state index is 9.61. The maximum Gasteiger partial charge on any atom is 0.234 e. The van der Waals surface area contributed by atoms with Crippen LogP contribution in [0.3, 0.4) is 0 Å². The molecule has 0 bridgehead atoms. The molecular weight excluding hydrogens is 330 g/mol. The molecule has 7 nitrogen and oxygen atoms in total. The van der Waals surface area contributed by atoms with E-state index in [1.807, 2.05) is 24.3 Å². The summed E-state index contributed by atoms with van der Waals surface area (Å²) < 4.78 is 10.8. The maximum absolute atomic E-state index is 9.61. The molecule has 7 heteroatoms. The van der Waals surface area contributed by atoms with Gasteiger partial charge in [-0.15, -0.1) is 0 Å². The highest BCUT2D eigenvalue weighted by molar-refractivity contribution is 5.83. The van der Waals surface area contributed by atoms with Gasteiger partial charge in [0.05, 0.1) is 19.8 Å². The molecule has 1 aliphatic heterocycles. The van der Waals surface area contributed by atoms with E-state index in [0.717, 1.165) is 24.3 Å². The van der Waals surface area contributed by atoms with E-state index >= 15 is 0 Å². The van der Waals surface area contributed by atoms with Gasteiger partial charge in [0, 0.05) is 24.3 Å². The Hall–Kier alpha value is -3.29. The van der Waals surface area contributed by atoms with E-state index in [0.29, 0.717) is 25.4 Å². The van der Waals surface area contributed by atoms with Crippen molar-refractivity contribution in [3.05, 3.63) is 35.4 Å². The summed E-state index contributed by atoms with van der Waals surface area (Å²) in [5.41, 5.74) is 8.58. The van der Waals surface area contributed by atoms with E-state index in [2.05, 4.69) is 22.0 Å². The number of morpholine rings is 1. The van der Waals surface area contributed by atoms with E-state index < -0.39 is 0 Å². The zero-order valence-electron chi connectivity index (χ0n) is 14.5. The number of nitrogens with zero attached hydrogens (tertiary/aromatic N) is 4. The van der Waals surface area contributed by atoms with Gasteiger partial charge in [-0.25, -0.2) is 0 Å². The largest absolute Gasteiger partial charge is 0.477 e. The lowest BCUT2D eigenvalue weighted by molar-refractivity contribution is 0.122. The molecule has 2 aromatic rings. The summed E-state index contributed by atoms with van der Waals surface area (Å²) in [5.74, 6) is 0.209. The Kier molecular flexibility index (Phi) is 5.21. The molecule has 0 atom stereocenters. The molecule has 0 spiro atoms. The van der Waals surface area contributed by atoms with Gasteiger partial charge in [0.2, 0.25) is 5.88 Å². The molecule has 26 heavy (non-hydrogen) atoms. The highest BCUT2D eigenvalue weighted by Gasteiger charge is 2.21. The first-order valence-electron chi connectivity index (χ1n) is 8.39. The smallest absolute Gasteiger partial charge is 0.234 e. The van der Waals surface area contributed by atoms with Crippen molar-refractivity contribution in [2.75, 3.05) is 43.5 Å². The molecule has 3 rings (SSSR count). The fraction of sp³-hybridized carbons (Fsp3) is 0.316. The third kappa shape index (κ3) is 3.26. The first kappa shape index (κ1) is 17.5. The fourth-order valence-electron chi connectivity index (χ4n) is 2.99. The third-order valence-corrected chi connectivity index (χ3v) is 4.23. The minimum atomic E-state index is 0.0576. The zero-order valence-corrected chi connectivity index (χ0v) is 14.5. The van der Waals surface area contributed by atoms with Gasteiger partial charge in [-0.2, -0.15) is 15.5 Å². The van der Waals surface area contributed by atoms with Gasteiger partial charge >= 0.3 is 0 Å². The Morgan fingerprint density at radius 3 is 2.38 bits per heavy atom. The van der Waals surface area contributed by atoms with Gasteiger partial charge in [-0.1, -0.05) is 12.1 Å². The standard InChI is InChI=1S/C19H19N5O2/c1-2-26-19-16(12-21)17(15(11-20)18(22)23-19)13-3-5-14(6-4-13)24-7-9-25-10-8-24/h3-6H,2,7-10H2,1H3,(H2,22,23). The first-order chi connectivity index (χ1) is 12.7. The molecule has 0 amide bonds. The second-order valence-electron chi connectivity index (χ2n) is 5.73. The van der Waals surface area contributed by atoms with Gasteiger partial charge in [0.15, 0.2) is 0 Å². The highest BCUT2D eigenvalue weighted by Crippen LogP contribution is 2.35. The average Bonchev–Trinajstić information content (AvgIpc) is 2.68. The van der Waals surface area contributed by atoms with Gasteiger partial charge in [-0.05, 0) is 24.6 Å². The van der Waals surface area contributed by atoms with Crippen LogP contribution in [0.1, 0.15) is 18.1 Å². The summed E-state index contributed by atoms with van der Waals surface area (Å²) >= 11 is 0. The van der Waals surface area contributed by atoms with Crippen LogP contribution < -0.4 is 15.4 Å². The molecule has 2 N–H and O–H groups in total. The summed E-state index contributed by atoms with van der Waals surface area (Å²) in [6, 6.07) is 11.9. The number of ether oxygens (including phenoxy) is 2. The van der Waals surface area contributed by atoms with Crippen molar-refractivity contribution in [1.82, 2.24) is 4.98 Å². The van der Waals surface area contributed by atoms with Gasteiger partial charge in [-0.3, -0.25) is 0 Å². The quantitative estimate of drug-likeness (QED) is 0.902. The number of nitriles is 2. The van der Waals surface area contributed by atoms with Gasteiger partial charge in [0.1, 0.15) is 29.1 Å². The number of hydrogen-bond donors (Lipinski definition) is 1. The molecule has 0 aliphatic carbocycles. The monoisotopic (exact) mass is 349 g/mol. The van der Waals surface area contributed by atoms with E-state index in [4.69, 9.17) is 15.2 Å². The zero-order chi connectivity index (χ0) is 18.5. The number of benzene rings is 1. The van der Waals surface area contributed by atoms with Crippen molar-refractivity contribution in [2.24, 2.45) is 0 Å². The van der Waals surface area contributed by atoms with Crippen LogP contribution in [0.5, 0.6) is 5.88 Å². The van der Waals surface area contributed by atoms with Crippen LogP contribution in [0.2, 0.25) is 0 Å². The third-order valence-electron chi connectivity index (χ3n) is 4.23. The summed E-state index contributed by atoms with van der Waals surface area (Å²) in [4.78, 5) is 6.30. The van der Waals surface area contributed by atoms with Crippen molar-refractivity contribution >= 4 is 11.5 Å². The Morgan fingerprint density at radius 1 is 1.15 bits per heavy atom. The molecule has 1 aliphatic rings. The second kappa shape index (κ2) is 7.73. The number of rotatable bonds is 4. The lowest BCUT2D eigenvalue weighted by Gasteiger charge is -2.29. The average molecular weight is 349 g/mol. The molecule has 1 fully saturated rings. The Morgan fingerprint density at radius 2 is 1.81 bits per heavy atom. The number of nitrogen functional groups attached to an aromatic ring is 1. The van der Waals surface area contributed by atoms with E-state index in [1.54, 1.807) is 6.92 Å². The van der Waals surface area contributed by atoms with E-state index in [-0.39, 0.29) is 22.8 Å². The minimum Gasteiger partial charge on any atom is -0.477 e. The number of nitrogens with two attached hydrogens (primary N) is 1. The lowest BCUT2D eigenvalue weighted by Crippen LogP contribution is -2.36. The van der Waals surface area contributed by atoms with E-state index in [9.17, 15) is 10.5 Å². The molecule has 0 saturated carbocycles. The SMILES string of the molecule is CCOc1nc(N)c(C#N)c(-c2ccc(N3CCOCC3)cc2)c1C#N. The van der Waals surface area contributed by atoms with Crippen LogP contribution in [0.15, 0.2) is 24.3 Å². The molecule has 1 aromatic carbocycles. The molecular formula is C19H19N5O2. The molecule has 0 radical (unpaired) electrons. The fourth-order valence-corrected chi connectivity index (χ4v) is 2.99.